The molecule has 1 aromatic carbocycles. The smallest absolute Gasteiger partial charge is 0.407 e. The number of para-hydroxylation sites is 1. The second-order valence-electron chi connectivity index (χ2n) is 4.97. The lowest BCUT2D eigenvalue weighted by Crippen LogP contribution is -2.37. The van der Waals surface area contributed by atoms with E-state index in [9.17, 15) is 4.79 Å². The molecule has 0 bridgehead atoms. The molecule has 5 nitrogen and oxygen atoms in total. The van der Waals surface area contributed by atoms with Crippen LogP contribution in [0.25, 0.3) is 0 Å². The van der Waals surface area contributed by atoms with Crippen LogP contribution < -0.4 is 10.1 Å². The molecule has 1 N–H and O–H groups in total. The van der Waals surface area contributed by atoms with Gasteiger partial charge in [-0.25, -0.2) is 4.79 Å². The van der Waals surface area contributed by atoms with Crippen molar-refractivity contribution in [1.82, 2.24) is 5.32 Å². The van der Waals surface area contributed by atoms with Gasteiger partial charge in [-0.1, -0.05) is 18.2 Å². The van der Waals surface area contributed by atoms with Crippen LogP contribution in [0, 0.1) is 25.2 Å². The first-order valence-electron chi connectivity index (χ1n) is 7.04. The largest absolute Gasteiger partial charge is 0.491 e. The average molecular weight is 290 g/mol. The number of carbonyl (C=O) groups is 1. The molecule has 0 aliphatic rings. The predicted molar refractivity (Wildman–Crippen MR) is 80.2 cm³/mol. The molecular weight excluding hydrogens is 268 g/mol. The first-order valence-corrected chi connectivity index (χ1v) is 7.04. The summed E-state index contributed by atoms with van der Waals surface area (Å²) in [7, 11) is 0. The number of alkyl carbamates (subject to hydrolysis) is 1. The molecule has 5 heteroatoms. The fourth-order valence-electron chi connectivity index (χ4n) is 1.84. The molecule has 0 aromatic heterocycles. The quantitative estimate of drug-likeness (QED) is 0.783. The normalized spacial score (nSPS) is 11.3. The van der Waals surface area contributed by atoms with Crippen LogP contribution in [0.5, 0.6) is 5.75 Å². The number of unbranched alkanes of at least 4 members (excludes halogenated alkanes) is 1. The maximum atomic E-state index is 11.5. The maximum absolute atomic E-state index is 11.5. The predicted octanol–water partition coefficient (Wildman–Crippen LogP) is 3.10. The number of benzene rings is 1. The number of rotatable bonds is 7. The van der Waals surface area contributed by atoms with Crippen LogP contribution in [-0.2, 0) is 4.74 Å². The van der Waals surface area contributed by atoms with Gasteiger partial charge >= 0.3 is 6.09 Å². The number of hydrogen-bond acceptors (Lipinski definition) is 4. The third-order valence-electron chi connectivity index (χ3n) is 2.92. The van der Waals surface area contributed by atoms with Gasteiger partial charge in [0.2, 0.25) is 0 Å². The molecule has 0 spiro atoms. The van der Waals surface area contributed by atoms with Crippen LogP contribution in [0.15, 0.2) is 18.2 Å². The Morgan fingerprint density at radius 2 is 2.05 bits per heavy atom. The Bertz CT molecular complexity index is 488. The van der Waals surface area contributed by atoms with E-state index >= 15 is 0 Å². The Morgan fingerprint density at radius 1 is 1.38 bits per heavy atom. The molecule has 0 aliphatic carbocycles. The number of hydrogen-bond donors (Lipinski definition) is 1. The summed E-state index contributed by atoms with van der Waals surface area (Å²) in [5.41, 5.74) is 2.14. The third kappa shape index (κ3) is 6.17. The number of nitrogens with zero attached hydrogens (tertiary/aromatic N) is 1. The number of aryl methyl sites for hydroxylation is 2. The summed E-state index contributed by atoms with van der Waals surface area (Å²) in [4.78, 5) is 11.5. The summed E-state index contributed by atoms with van der Waals surface area (Å²) in [6, 6.07) is 7.80. The number of nitriles is 1. The second kappa shape index (κ2) is 8.85. The number of nitrogens with one attached hydrogen (secondary N) is 1. The van der Waals surface area contributed by atoms with Gasteiger partial charge in [0.05, 0.1) is 18.7 Å². The van der Waals surface area contributed by atoms with Crippen molar-refractivity contribution in [2.45, 2.75) is 39.7 Å². The van der Waals surface area contributed by atoms with Crippen LogP contribution >= 0.6 is 0 Å². The minimum Gasteiger partial charge on any atom is -0.491 e. The summed E-state index contributed by atoms with van der Waals surface area (Å²) < 4.78 is 10.7. The van der Waals surface area contributed by atoms with E-state index < -0.39 is 6.09 Å². The highest BCUT2D eigenvalue weighted by molar-refractivity contribution is 5.67. The van der Waals surface area contributed by atoms with E-state index in [1.807, 2.05) is 45.0 Å². The number of carbonyl (C=O) groups excluding carboxylic acids is 1. The summed E-state index contributed by atoms with van der Waals surface area (Å²) >= 11 is 0. The summed E-state index contributed by atoms with van der Waals surface area (Å²) in [6.45, 7) is 6.46. The van der Waals surface area contributed by atoms with Gasteiger partial charge in [0, 0.05) is 6.42 Å². The molecule has 0 radical (unpaired) electrons. The van der Waals surface area contributed by atoms with Gasteiger partial charge in [-0.15, -0.1) is 0 Å². The SMILES string of the molecule is Cc1cccc(C)c1OCC(C)NC(=O)OCCCC#N. The maximum Gasteiger partial charge on any atom is 0.407 e. The zero-order valence-electron chi connectivity index (χ0n) is 12.8. The monoisotopic (exact) mass is 290 g/mol. The van der Waals surface area contributed by atoms with Crippen LogP contribution in [0.2, 0.25) is 0 Å². The Balaban J connectivity index is 2.32. The highest BCUT2D eigenvalue weighted by atomic mass is 16.5. The van der Waals surface area contributed by atoms with Gasteiger partial charge in [0.1, 0.15) is 12.4 Å². The molecule has 0 fully saturated rings. The average Bonchev–Trinajstić information content (AvgIpc) is 2.43. The highest BCUT2D eigenvalue weighted by Crippen LogP contribution is 2.22. The van der Waals surface area contributed by atoms with Crippen molar-refractivity contribution in [1.29, 1.82) is 5.26 Å². The standard InChI is InChI=1S/C16H22N2O3/c1-12-7-6-8-13(2)15(12)21-11-14(3)18-16(19)20-10-5-4-9-17/h6-8,14H,4-5,10-11H2,1-3H3,(H,18,19). The van der Waals surface area contributed by atoms with E-state index in [-0.39, 0.29) is 12.6 Å². The van der Waals surface area contributed by atoms with Gasteiger partial charge < -0.3 is 14.8 Å². The van der Waals surface area contributed by atoms with E-state index in [2.05, 4.69) is 5.32 Å². The fraction of sp³-hybridized carbons (Fsp3) is 0.500. The van der Waals surface area contributed by atoms with Crippen LogP contribution in [0.1, 0.15) is 30.9 Å². The molecular formula is C16H22N2O3. The molecule has 1 atom stereocenters. The van der Waals surface area contributed by atoms with Crippen molar-refractivity contribution in [3.63, 3.8) is 0 Å². The molecule has 0 heterocycles. The molecule has 0 aliphatic heterocycles. The Hall–Kier alpha value is -2.22. The lowest BCUT2D eigenvalue weighted by molar-refractivity contribution is 0.137. The van der Waals surface area contributed by atoms with E-state index in [0.29, 0.717) is 19.4 Å². The van der Waals surface area contributed by atoms with Crippen LogP contribution in [-0.4, -0.2) is 25.3 Å². The Kier molecular flexibility index (Phi) is 7.10. The molecule has 1 aromatic rings. The van der Waals surface area contributed by atoms with Crippen LogP contribution in [0.3, 0.4) is 0 Å². The summed E-state index contributed by atoms with van der Waals surface area (Å²) in [6.07, 6.45) is 0.459. The minimum atomic E-state index is -0.481. The summed E-state index contributed by atoms with van der Waals surface area (Å²) in [5, 5.41) is 11.1. The molecule has 21 heavy (non-hydrogen) atoms. The van der Waals surface area contributed by atoms with Gasteiger partial charge in [0.25, 0.3) is 0 Å². The van der Waals surface area contributed by atoms with Crippen molar-refractivity contribution in [3.8, 4) is 11.8 Å². The lowest BCUT2D eigenvalue weighted by atomic mass is 10.1. The molecule has 0 saturated carbocycles. The van der Waals surface area contributed by atoms with Gasteiger partial charge in [-0.3, -0.25) is 0 Å². The first kappa shape index (κ1) is 16.8. The van der Waals surface area contributed by atoms with E-state index in [1.165, 1.54) is 0 Å². The molecule has 0 saturated heterocycles. The number of amides is 1. The van der Waals surface area contributed by atoms with Crippen molar-refractivity contribution in [2.75, 3.05) is 13.2 Å². The number of ether oxygens (including phenoxy) is 2. The second-order valence-corrected chi connectivity index (χ2v) is 4.97. The molecule has 1 amide bonds. The third-order valence-corrected chi connectivity index (χ3v) is 2.92. The fourth-order valence-corrected chi connectivity index (χ4v) is 1.84. The van der Waals surface area contributed by atoms with Crippen molar-refractivity contribution >= 4 is 6.09 Å². The van der Waals surface area contributed by atoms with Gasteiger partial charge in [-0.2, -0.15) is 5.26 Å². The molecule has 114 valence electrons. The first-order chi connectivity index (χ1) is 10.0. The van der Waals surface area contributed by atoms with E-state index in [1.54, 1.807) is 0 Å². The Morgan fingerprint density at radius 3 is 2.67 bits per heavy atom. The molecule has 1 unspecified atom stereocenters. The zero-order chi connectivity index (χ0) is 15.7. The molecule has 1 rings (SSSR count). The van der Waals surface area contributed by atoms with E-state index in [0.717, 1.165) is 16.9 Å². The van der Waals surface area contributed by atoms with Gasteiger partial charge in [0.15, 0.2) is 0 Å². The van der Waals surface area contributed by atoms with Gasteiger partial charge in [-0.05, 0) is 38.3 Å². The van der Waals surface area contributed by atoms with E-state index in [4.69, 9.17) is 14.7 Å². The summed E-state index contributed by atoms with van der Waals surface area (Å²) in [5.74, 6) is 0.855. The van der Waals surface area contributed by atoms with Crippen LogP contribution in [0.4, 0.5) is 4.79 Å². The zero-order valence-corrected chi connectivity index (χ0v) is 12.8. The topological polar surface area (TPSA) is 71.3 Å². The van der Waals surface area contributed by atoms with Crippen molar-refractivity contribution in [2.24, 2.45) is 0 Å². The Labute approximate surface area is 125 Å². The van der Waals surface area contributed by atoms with Crippen molar-refractivity contribution < 1.29 is 14.3 Å². The minimum absolute atomic E-state index is 0.160. The highest BCUT2D eigenvalue weighted by Gasteiger charge is 2.10. The lowest BCUT2D eigenvalue weighted by Gasteiger charge is -2.17. The van der Waals surface area contributed by atoms with Crippen molar-refractivity contribution in [3.05, 3.63) is 29.3 Å².